The van der Waals surface area contributed by atoms with Crippen molar-refractivity contribution >= 4 is 5.91 Å². The quantitative estimate of drug-likeness (QED) is 0.840. The van der Waals surface area contributed by atoms with Gasteiger partial charge in [0.25, 0.3) is 0 Å². The molecule has 132 valence electrons. The Morgan fingerprint density at radius 2 is 2.00 bits per heavy atom. The monoisotopic (exact) mass is 331 g/mol. The summed E-state index contributed by atoms with van der Waals surface area (Å²) in [5.41, 5.74) is 0.327. The Bertz CT molecular complexity index is 519. The van der Waals surface area contributed by atoms with Crippen molar-refractivity contribution in [3.63, 3.8) is 0 Å². The first-order chi connectivity index (χ1) is 11.6. The Morgan fingerprint density at radius 3 is 2.67 bits per heavy atom. The first-order valence-corrected chi connectivity index (χ1v) is 9.29. The summed E-state index contributed by atoms with van der Waals surface area (Å²) in [6.45, 7) is 1.60. The van der Waals surface area contributed by atoms with Gasteiger partial charge in [-0.05, 0) is 37.2 Å². The summed E-state index contributed by atoms with van der Waals surface area (Å²) >= 11 is 0. The number of carbonyl (C=O) groups excluding carboxylic acids is 1. The number of hydrogen-bond donors (Lipinski definition) is 2. The summed E-state index contributed by atoms with van der Waals surface area (Å²) in [6, 6.07) is 10.1. The number of aliphatic hydroxyl groups is 1. The van der Waals surface area contributed by atoms with Gasteiger partial charge < -0.3 is 15.2 Å². The lowest BCUT2D eigenvalue weighted by atomic mass is 9.82. The van der Waals surface area contributed by atoms with E-state index < -0.39 is 5.60 Å². The van der Waals surface area contributed by atoms with E-state index in [2.05, 4.69) is 17.4 Å². The van der Waals surface area contributed by atoms with Gasteiger partial charge >= 0.3 is 0 Å². The molecular formula is C20H29NO3. The van der Waals surface area contributed by atoms with E-state index in [9.17, 15) is 9.90 Å². The van der Waals surface area contributed by atoms with Crippen LogP contribution >= 0.6 is 0 Å². The molecule has 2 fully saturated rings. The van der Waals surface area contributed by atoms with Crippen LogP contribution in [0.2, 0.25) is 0 Å². The van der Waals surface area contributed by atoms with Gasteiger partial charge in [0, 0.05) is 13.2 Å². The van der Waals surface area contributed by atoms with Crippen LogP contribution in [0, 0.1) is 5.92 Å². The van der Waals surface area contributed by atoms with E-state index in [0.717, 1.165) is 63.7 Å². The topological polar surface area (TPSA) is 58.6 Å². The lowest BCUT2D eigenvalue weighted by Gasteiger charge is -2.32. The smallest absolute Gasteiger partial charge is 0.223 e. The molecule has 2 atom stereocenters. The fourth-order valence-corrected chi connectivity index (χ4v) is 4.00. The molecule has 1 aromatic rings. The summed E-state index contributed by atoms with van der Waals surface area (Å²) in [5, 5.41) is 13.8. The first kappa shape index (κ1) is 17.4. The molecule has 0 aromatic heterocycles. The van der Waals surface area contributed by atoms with Crippen molar-refractivity contribution in [1.29, 1.82) is 0 Å². The zero-order chi connectivity index (χ0) is 16.8. The lowest BCUT2D eigenvalue weighted by molar-refractivity contribution is -0.128. The van der Waals surface area contributed by atoms with Crippen LogP contribution in [0.3, 0.4) is 0 Å². The molecule has 1 saturated carbocycles. The summed E-state index contributed by atoms with van der Waals surface area (Å²) in [7, 11) is 0. The molecule has 24 heavy (non-hydrogen) atoms. The van der Waals surface area contributed by atoms with Gasteiger partial charge in [-0.2, -0.15) is 0 Å². The molecule has 2 N–H and O–H groups in total. The minimum atomic E-state index is -0.806. The average molecular weight is 331 g/mol. The molecule has 2 aliphatic rings. The van der Waals surface area contributed by atoms with Crippen molar-refractivity contribution in [2.24, 2.45) is 5.92 Å². The van der Waals surface area contributed by atoms with Crippen molar-refractivity contribution in [2.75, 3.05) is 13.2 Å². The van der Waals surface area contributed by atoms with E-state index in [4.69, 9.17) is 4.74 Å². The number of benzene rings is 1. The Morgan fingerprint density at radius 1 is 1.25 bits per heavy atom. The molecule has 1 heterocycles. The highest BCUT2D eigenvalue weighted by Gasteiger charge is 2.32. The number of rotatable bonds is 6. The van der Waals surface area contributed by atoms with Crippen LogP contribution in [0.25, 0.3) is 0 Å². The Labute approximate surface area is 144 Å². The molecule has 0 spiro atoms. The van der Waals surface area contributed by atoms with Crippen molar-refractivity contribution < 1.29 is 14.6 Å². The molecule has 1 amide bonds. The number of ether oxygens (including phenoxy) is 1. The van der Waals surface area contributed by atoms with Gasteiger partial charge in [0.2, 0.25) is 5.91 Å². The second kappa shape index (κ2) is 8.13. The van der Waals surface area contributed by atoms with Crippen LogP contribution in [0.1, 0.15) is 63.0 Å². The highest BCUT2D eigenvalue weighted by molar-refractivity contribution is 5.77. The molecule has 4 nitrogen and oxygen atoms in total. The molecule has 3 rings (SSSR count). The lowest BCUT2D eigenvalue weighted by Crippen LogP contribution is -2.40. The zero-order valence-corrected chi connectivity index (χ0v) is 14.4. The third kappa shape index (κ3) is 4.81. The van der Waals surface area contributed by atoms with Crippen molar-refractivity contribution in [3.05, 3.63) is 35.9 Å². The maximum atomic E-state index is 12.6. The van der Waals surface area contributed by atoms with E-state index >= 15 is 0 Å². The fourth-order valence-electron chi connectivity index (χ4n) is 4.00. The van der Waals surface area contributed by atoms with Gasteiger partial charge in [0.1, 0.15) is 0 Å². The van der Waals surface area contributed by atoms with Gasteiger partial charge in [-0.15, -0.1) is 0 Å². The third-order valence-electron chi connectivity index (χ3n) is 5.40. The van der Waals surface area contributed by atoms with Crippen LogP contribution in [-0.4, -0.2) is 29.8 Å². The van der Waals surface area contributed by atoms with Crippen LogP contribution in [0.5, 0.6) is 0 Å². The van der Waals surface area contributed by atoms with Crippen LogP contribution in [-0.2, 0) is 9.53 Å². The third-order valence-corrected chi connectivity index (χ3v) is 5.40. The van der Waals surface area contributed by atoms with Gasteiger partial charge in [-0.1, -0.05) is 49.6 Å². The van der Waals surface area contributed by atoms with Gasteiger partial charge in [-0.25, -0.2) is 0 Å². The minimum absolute atomic E-state index is 0.00223. The Balaban J connectivity index is 1.63. The zero-order valence-electron chi connectivity index (χ0n) is 14.4. The van der Waals surface area contributed by atoms with E-state index in [1.54, 1.807) is 0 Å². The Kier molecular flexibility index (Phi) is 5.90. The average Bonchev–Trinajstić information content (AvgIpc) is 3.08. The number of hydrogen-bond acceptors (Lipinski definition) is 3. The summed E-state index contributed by atoms with van der Waals surface area (Å²) < 4.78 is 5.48. The molecule has 0 unspecified atom stereocenters. The van der Waals surface area contributed by atoms with Gasteiger partial charge in [-0.3, -0.25) is 4.79 Å². The normalized spacial score (nSPS) is 24.5. The van der Waals surface area contributed by atoms with Gasteiger partial charge in [0.05, 0.1) is 18.1 Å². The molecule has 1 aliphatic heterocycles. The molecule has 1 aliphatic carbocycles. The number of carbonyl (C=O) groups is 1. The molecular weight excluding hydrogens is 302 g/mol. The van der Waals surface area contributed by atoms with Crippen molar-refractivity contribution in [2.45, 2.75) is 63.0 Å². The molecule has 4 heteroatoms. The summed E-state index contributed by atoms with van der Waals surface area (Å²) in [5.74, 6) is 0.459. The second-order valence-electron chi connectivity index (χ2n) is 7.46. The van der Waals surface area contributed by atoms with Crippen molar-refractivity contribution in [3.8, 4) is 0 Å². The second-order valence-corrected chi connectivity index (χ2v) is 7.46. The largest absolute Gasteiger partial charge is 0.389 e. The summed E-state index contributed by atoms with van der Waals surface area (Å²) in [4.78, 5) is 12.6. The predicted molar refractivity (Wildman–Crippen MR) is 93.5 cm³/mol. The first-order valence-electron chi connectivity index (χ1n) is 9.29. The fraction of sp³-hybridized carbons (Fsp3) is 0.650. The van der Waals surface area contributed by atoms with E-state index in [0.29, 0.717) is 5.92 Å². The number of nitrogens with one attached hydrogen (secondary N) is 1. The van der Waals surface area contributed by atoms with E-state index in [-0.39, 0.29) is 18.4 Å². The van der Waals surface area contributed by atoms with Crippen LogP contribution in [0.4, 0.5) is 0 Å². The van der Waals surface area contributed by atoms with Crippen LogP contribution in [0.15, 0.2) is 30.3 Å². The molecule has 1 saturated heterocycles. The van der Waals surface area contributed by atoms with Crippen LogP contribution < -0.4 is 5.32 Å². The molecule has 0 bridgehead atoms. The SMILES string of the molecule is O=C(CC1(O)CCCCC1)N[C@H](C[C@H]1CCOC1)c1ccccc1. The predicted octanol–water partition coefficient (Wildman–Crippen LogP) is 3.36. The molecule has 0 radical (unpaired) electrons. The van der Waals surface area contributed by atoms with E-state index in [1.807, 2.05) is 18.2 Å². The molecule has 1 aromatic carbocycles. The van der Waals surface area contributed by atoms with E-state index in [1.165, 1.54) is 0 Å². The van der Waals surface area contributed by atoms with Gasteiger partial charge in [0.15, 0.2) is 0 Å². The Hall–Kier alpha value is -1.39. The standard InChI is InChI=1S/C20H29NO3/c22-19(14-20(23)10-5-2-6-11-20)21-18(13-16-9-12-24-15-16)17-7-3-1-4-8-17/h1,3-4,7-8,16,18,23H,2,5-6,9-15H2,(H,21,22)/t16-,18-/m1/s1. The highest BCUT2D eigenvalue weighted by Crippen LogP contribution is 2.32. The highest BCUT2D eigenvalue weighted by atomic mass is 16.5. The maximum absolute atomic E-state index is 12.6. The summed E-state index contributed by atoms with van der Waals surface area (Å²) in [6.07, 6.45) is 6.86. The van der Waals surface area contributed by atoms with Crippen molar-refractivity contribution in [1.82, 2.24) is 5.32 Å². The maximum Gasteiger partial charge on any atom is 0.223 e. The minimum Gasteiger partial charge on any atom is -0.389 e. The number of amides is 1.